The highest BCUT2D eigenvalue weighted by Gasteiger charge is 2.31. The van der Waals surface area contributed by atoms with Gasteiger partial charge >= 0.3 is 6.18 Å². The summed E-state index contributed by atoms with van der Waals surface area (Å²) in [5, 5.41) is 12.0. The van der Waals surface area contributed by atoms with Gasteiger partial charge in [-0.15, -0.1) is 0 Å². The van der Waals surface area contributed by atoms with E-state index in [0.29, 0.717) is 24.7 Å². The highest BCUT2D eigenvalue weighted by Crippen LogP contribution is 2.34. The molecule has 10 heteroatoms. The van der Waals surface area contributed by atoms with Gasteiger partial charge in [0.1, 0.15) is 5.75 Å². The van der Waals surface area contributed by atoms with Gasteiger partial charge in [-0.2, -0.15) is 17.5 Å². The molecular weight excluding hydrogens is 421 g/mol. The molecule has 2 aromatic rings. The van der Waals surface area contributed by atoms with Gasteiger partial charge in [0, 0.05) is 19.5 Å². The average molecular weight is 442 g/mol. The van der Waals surface area contributed by atoms with Gasteiger partial charge < -0.3 is 10.4 Å². The highest BCUT2D eigenvalue weighted by atomic mass is 32.2. The molecule has 0 spiro atoms. The number of nitrogens with one attached hydrogen (secondary N) is 1. The first-order chi connectivity index (χ1) is 14.1. The first-order valence-electron chi connectivity index (χ1n) is 9.36. The molecule has 0 aromatic heterocycles. The number of nitrogens with zero attached hydrogens (tertiary/aromatic N) is 1. The lowest BCUT2D eigenvalue weighted by molar-refractivity contribution is -0.137. The zero-order valence-electron chi connectivity index (χ0n) is 15.9. The molecule has 1 saturated heterocycles. The van der Waals surface area contributed by atoms with Crippen LogP contribution in [0.3, 0.4) is 0 Å². The van der Waals surface area contributed by atoms with Crippen molar-refractivity contribution in [2.75, 3.05) is 18.4 Å². The van der Waals surface area contributed by atoms with Crippen LogP contribution in [0.4, 0.5) is 18.9 Å². The Morgan fingerprint density at radius 3 is 2.30 bits per heavy atom. The van der Waals surface area contributed by atoms with E-state index in [0.717, 1.165) is 25.0 Å². The molecule has 0 saturated carbocycles. The van der Waals surface area contributed by atoms with Crippen LogP contribution < -0.4 is 5.32 Å². The third-order valence-electron chi connectivity index (χ3n) is 4.86. The van der Waals surface area contributed by atoms with Gasteiger partial charge in [0.25, 0.3) is 0 Å². The van der Waals surface area contributed by atoms with Crippen LogP contribution in [-0.4, -0.2) is 36.8 Å². The van der Waals surface area contributed by atoms with Crippen molar-refractivity contribution >= 4 is 21.6 Å². The van der Waals surface area contributed by atoms with Crippen LogP contribution in [0, 0.1) is 0 Å². The van der Waals surface area contributed by atoms with Crippen molar-refractivity contribution in [1.29, 1.82) is 0 Å². The number of benzene rings is 2. The Bertz CT molecular complexity index is 1020. The lowest BCUT2D eigenvalue weighted by Gasteiger charge is -2.15. The van der Waals surface area contributed by atoms with Crippen molar-refractivity contribution in [1.82, 2.24) is 4.31 Å². The number of sulfonamides is 1. The number of anilines is 1. The molecular formula is C20H21F3N2O4S. The molecule has 162 valence electrons. The van der Waals surface area contributed by atoms with Crippen LogP contribution in [-0.2, 0) is 27.4 Å². The van der Waals surface area contributed by atoms with Crippen LogP contribution in [0.2, 0.25) is 0 Å². The number of aryl methyl sites for hydroxylation is 1. The number of amides is 1. The van der Waals surface area contributed by atoms with Gasteiger partial charge in [0.2, 0.25) is 15.9 Å². The third-order valence-corrected chi connectivity index (χ3v) is 6.78. The topological polar surface area (TPSA) is 86.7 Å². The molecule has 1 amide bonds. The summed E-state index contributed by atoms with van der Waals surface area (Å²) in [4.78, 5) is 12.3. The number of carbonyl (C=O) groups is 1. The molecule has 1 aliphatic rings. The zero-order chi connectivity index (χ0) is 21.9. The van der Waals surface area contributed by atoms with Crippen LogP contribution >= 0.6 is 0 Å². The van der Waals surface area contributed by atoms with Crippen molar-refractivity contribution in [2.24, 2.45) is 0 Å². The predicted molar refractivity (Wildman–Crippen MR) is 104 cm³/mol. The quantitative estimate of drug-likeness (QED) is 0.667. The molecule has 3 rings (SSSR count). The predicted octanol–water partition coefficient (Wildman–Crippen LogP) is 3.77. The van der Waals surface area contributed by atoms with Gasteiger partial charge in [-0.1, -0.05) is 12.1 Å². The maximum atomic E-state index is 12.8. The van der Waals surface area contributed by atoms with Gasteiger partial charge in [0.15, 0.2) is 0 Å². The van der Waals surface area contributed by atoms with Crippen LogP contribution in [0.1, 0.15) is 30.4 Å². The molecule has 2 N–H and O–H groups in total. The number of alkyl halides is 3. The van der Waals surface area contributed by atoms with E-state index in [9.17, 15) is 31.5 Å². The number of carbonyl (C=O) groups excluding carboxylic acids is 1. The fourth-order valence-corrected chi connectivity index (χ4v) is 4.71. The van der Waals surface area contributed by atoms with E-state index in [2.05, 4.69) is 5.32 Å². The number of halogens is 3. The minimum absolute atomic E-state index is 0.0477. The van der Waals surface area contributed by atoms with Gasteiger partial charge in [-0.05, 0) is 55.2 Å². The minimum atomic E-state index is -4.59. The molecule has 1 heterocycles. The Morgan fingerprint density at radius 1 is 1.07 bits per heavy atom. The van der Waals surface area contributed by atoms with Crippen LogP contribution in [0.25, 0.3) is 0 Å². The summed E-state index contributed by atoms with van der Waals surface area (Å²) in [6.45, 7) is 1.01. The molecule has 0 atom stereocenters. The third kappa shape index (κ3) is 5.11. The first-order valence-corrected chi connectivity index (χ1v) is 10.8. The summed E-state index contributed by atoms with van der Waals surface area (Å²) in [6, 6.07) is 8.46. The second kappa shape index (κ2) is 8.65. The van der Waals surface area contributed by atoms with E-state index in [-0.39, 0.29) is 23.4 Å². The Morgan fingerprint density at radius 2 is 1.70 bits per heavy atom. The Kier molecular flexibility index (Phi) is 6.37. The standard InChI is InChI=1S/C20H21F3N2O4S/c21-20(22,23)15-6-9-18(26)17(13-15)24-19(27)10-5-14-3-7-16(8-4-14)30(28,29)25-11-1-2-12-25/h3-4,6-9,13,26H,1-2,5,10-12H2,(H,24,27). The number of hydrogen-bond donors (Lipinski definition) is 2. The minimum Gasteiger partial charge on any atom is -0.506 e. The second-order valence-electron chi connectivity index (χ2n) is 7.03. The highest BCUT2D eigenvalue weighted by molar-refractivity contribution is 7.89. The average Bonchev–Trinajstić information content (AvgIpc) is 3.23. The summed E-state index contributed by atoms with van der Waals surface area (Å²) in [5.74, 6) is -1.04. The molecule has 1 aliphatic heterocycles. The molecule has 30 heavy (non-hydrogen) atoms. The van der Waals surface area contributed by atoms with Gasteiger partial charge in [-0.3, -0.25) is 4.79 Å². The molecule has 0 bridgehead atoms. The van der Waals surface area contributed by atoms with Crippen molar-refractivity contribution in [3.05, 3.63) is 53.6 Å². The van der Waals surface area contributed by atoms with E-state index in [1.807, 2.05) is 0 Å². The number of aromatic hydroxyl groups is 1. The molecule has 2 aromatic carbocycles. The van der Waals surface area contributed by atoms with Crippen molar-refractivity contribution in [3.8, 4) is 5.75 Å². The Balaban J connectivity index is 1.60. The summed E-state index contributed by atoms with van der Waals surface area (Å²) < 4.78 is 64.8. The Hall–Kier alpha value is -2.59. The first kappa shape index (κ1) is 22.1. The SMILES string of the molecule is O=C(CCc1ccc(S(=O)(=O)N2CCCC2)cc1)Nc1cc(C(F)(F)F)ccc1O. The van der Waals surface area contributed by atoms with E-state index in [4.69, 9.17) is 0 Å². The molecule has 6 nitrogen and oxygen atoms in total. The number of rotatable bonds is 6. The molecule has 0 unspecified atom stereocenters. The summed E-state index contributed by atoms with van der Waals surface area (Å²) in [6.07, 6.45) is -2.70. The van der Waals surface area contributed by atoms with E-state index in [1.54, 1.807) is 12.1 Å². The number of hydrogen-bond acceptors (Lipinski definition) is 4. The number of phenols is 1. The maximum absolute atomic E-state index is 12.8. The molecule has 0 aliphatic carbocycles. The maximum Gasteiger partial charge on any atom is 0.416 e. The van der Waals surface area contributed by atoms with E-state index < -0.39 is 33.4 Å². The molecule has 1 fully saturated rings. The lowest BCUT2D eigenvalue weighted by Crippen LogP contribution is -2.27. The lowest BCUT2D eigenvalue weighted by atomic mass is 10.1. The van der Waals surface area contributed by atoms with Gasteiger partial charge in [-0.25, -0.2) is 8.42 Å². The second-order valence-corrected chi connectivity index (χ2v) is 8.97. The summed E-state index contributed by atoms with van der Waals surface area (Å²) >= 11 is 0. The summed E-state index contributed by atoms with van der Waals surface area (Å²) in [5.41, 5.74) is -0.592. The van der Waals surface area contributed by atoms with Crippen LogP contribution in [0.5, 0.6) is 5.75 Å². The molecule has 0 radical (unpaired) electrons. The smallest absolute Gasteiger partial charge is 0.416 e. The summed E-state index contributed by atoms with van der Waals surface area (Å²) in [7, 11) is -3.51. The van der Waals surface area contributed by atoms with E-state index in [1.165, 1.54) is 16.4 Å². The van der Waals surface area contributed by atoms with Gasteiger partial charge in [0.05, 0.1) is 16.1 Å². The zero-order valence-corrected chi connectivity index (χ0v) is 16.8. The normalized spacial score (nSPS) is 15.3. The monoisotopic (exact) mass is 442 g/mol. The van der Waals surface area contributed by atoms with E-state index >= 15 is 0 Å². The van der Waals surface area contributed by atoms with Crippen molar-refractivity contribution in [3.63, 3.8) is 0 Å². The Labute approximate surface area is 172 Å². The van der Waals surface area contributed by atoms with Crippen LogP contribution in [0.15, 0.2) is 47.4 Å². The number of phenolic OH excluding ortho intramolecular Hbond substituents is 1. The van der Waals surface area contributed by atoms with Crippen molar-refractivity contribution in [2.45, 2.75) is 36.8 Å². The van der Waals surface area contributed by atoms with Crippen molar-refractivity contribution < 1.29 is 31.5 Å². The fraction of sp³-hybridized carbons (Fsp3) is 0.350. The fourth-order valence-electron chi connectivity index (χ4n) is 3.19. The largest absolute Gasteiger partial charge is 0.506 e.